The zero-order valence-corrected chi connectivity index (χ0v) is 31.9. The van der Waals surface area contributed by atoms with Crippen LogP contribution < -0.4 is 0 Å². The summed E-state index contributed by atoms with van der Waals surface area (Å²) in [6.45, 7) is 0. The summed E-state index contributed by atoms with van der Waals surface area (Å²) in [7, 11) is 0. The third kappa shape index (κ3) is 4.23. The number of furan rings is 1. The molecule has 1 heteroatoms. The van der Waals surface area contributed by atoms with Crippen LogP contribution in [-0.4, -0.2) is 0 Å². The Balaban J connectivity index is 1.06. The average Bonchev–Trinajstić information content (AvgIpc) is 3.69. The number of hydrogen-bond acceptors (Lipinski definition) is 1. The zero-order chi connectivity index (χ0) is 38.3. The molecule has 0 radical (unpaired) electrons. The van der Waals surface area contributed by atoms with E-state index < -0.39 is 0 Å². The molecule has 1 nitrogen and oxygen atoms in total. The van der Waals surface area contributed by atoms with Crippen molar-refractivity contribution in [3.63, 3.8) is 0 Å². The van der Waals surface area contributed by atoms with E-state index in [2.05, 4.69) is 194 Å². The fourth-order valence-corrected chi connectivity index (χ4v) is 10.7. The first-order valence-electron chi connectivity index (χ1n) is 20.5. The van der Waals surface area contributed by atoms with E-state index in [1.807, 2.05) is 0 Å². The Kier molecular flexibility index (Phi) is 6.08. The second-order valence-corrected chi connectivity index (χ2v) is 16.3. The van der Waals surface area contributed by atoms with Gasteiger partial charge in [0.2, 0.25) is 0 Å². The number of hydrogen-bond donors (Lipinski definition) is 0. The Morgan fingerprint density at radius 2 is 0.661 bits per heavy atom. The topological polar surface area (TPSA) is 13.1 Å². The molecule has 0 spiro atoms. The highest BCUT2D eigenvalue weighted by atomic mass is 16.3. The third-order valence-corrected chi connectivity index (χ3v) is 13.3. The minimum Gasteiger partial charge on any atom is -0.455 e. The van der Waals surface area contributed by atoms with Crippen LogP contribution in [0.15, 0.2) is 199 Å². The van der Waals surface area contributed by atoms with Crippen LogP contribution in [0.5, 0.6) is 0 Å². The highest BCUT2D eigenvalue weighted by Gasteiger charge is 2.22. The Morgan fingerprint density at radius 3 is 1.31 bits per heavy atom. The van der Waals surface area contributed by atoms with E-state index in [9.17, 15) is 0 Å². The van der Waals surface area contributed by atoms with Crippen molar-refractivity contribution in [3.05, 3.63) is 194 Å². The third-order valence-electron chi connectivity index (χ3n) is 13.3. The Morgan fingerprint density at radius 1 is 0.237 bits per heavy atom. The predicted molar refractivity (Wildman–Crippen MR) is 252 cm³/mol. The summed E-state index contributed by atoms with van der Waals surface area (Å²) in [4.78, 5) is 0. The van der Waals surface area contributed by atoms with Crippen LogP contribution in [0.2, 0.25) is 0 Å². The van der Waals surface area contributed by atoms with Gasteiger partial charge in [-0.2, -0.15) is 0 Å². The van der Waals surface area contributed by atoms with Gasteiger partial charge in [-0.25, -0.2) is 0 Å². The Labute approximate surface area is 338 Å². The molecule has 0 aliphatic heterocycles. The predicted octanol–water partition coefficient (Wildman–Crippen LogP) is 16.7. The molecule has 0 aliphatic rings. The van der Waals surface area contributed by atoms with Crippen LogP contribution >= 0.6 is 0 Å². The van der Waals surface area contributed by atoms with Gasteiger partial charge >= 0.3 is 0 Å². The van der Waals surface area contributed by atoms with Crippen LogP contribution in [0.1, 0.15) is 0 Å². The minimum atomic E-state index is 0.898. The SMILES string of the molecule is c1ccc2c(c1)ccc1c2oc2cc(-c3ccc(-c4ccc5ccc6cccc7ccc4c5c67)c4ccccc34)cc(-c3ccc4ccc5cccc6ccc3c4c56)c21. The monoisotopic (exact) mass is 744 g/mol. The maximum atomic E-state index is 7.02. The Hall–Kier alpha value is -7.74. The normalized spacial score (nSPS) is 12.4. The van der Waals surface area contributed by atoms with Crippen LogP contribution in [0.4, 0.5) is 0 Å². The van der Waals surface area contributed by atoms with Gasteiger partial charge in [0.25, 0.3) is 0 Å². The van der Waals surface area contributed by atoms with Gasteiger partial charge in [-0.1, -0.05) is 176 Å². The smallest absolute Gasteiger partial charge is 0.143 e. The second kappa shape index (κ2) is 11.4. The Bertz CT molecular complexity index is 4040. The lowest BCUT2D eigenvalue weighted by atomic mass is 9.85. The van der Waals surface area contributed by atoms with Gasteiger partial charge < -0.3 is 4.42 Å². The van der Waals surface area contributed by atoms with E-state index in [-0.39, 0.29) is 0 Å². The molecule has 14 rings (SSSR count). The minimum absolute atomic E-state index is 0.898. The molecular weight excluding hydrogens is 713 g/mol. The summed E-state index contributed by atoms with van der Waals surface area (Å²) >= 11 is 0. The van der Waals surface area contributed by atoms with Crippen LogP contribution in [0, 0.1) is 0 Å². The fraction of sp³-hybridized carbons (Fsp3) is 0. The summed E-state index contributed by atoms with van der Waals surface area (Å²) in [5.41, 5.74) is 9.06. The first-order chi connectivity index (χ1) is 29.2. The fourth-order valence-electron chi connectivity index (χ4n) is 10.7. The average molecular weight is 745 g/mol. The van der Waals surface area contributed by atoms with Crippen LogP contribution in [0.3, 0.4) is 0 Å². The molecule has 1 aromatic heterocycles. The van der Waals surface area contributed by atoms with Crippen molar-refractivity contribution in [2.75, 3.05) is 0 Å². The molecule has 0 saturated heterocycles. The van der Waals surface area contributed by atoms with Crippen molar-refractivity contribution in [3.8, 4) is 33.4 Å². The highest BCUT2D eigenvalue weighted by molar-refractivity contribution is 6.29. The molecule has 0 unspecified atom stereocenters. The van der Waals surface area contributed by atoms with Gasteiger partial charge in [0.1, 0.15) is 11.2 Å². The van der Waals surface area contributed by atoms with Crippen molar-refractivity contribution >= 4 is 108 Å². The molecule has 0 atom stereocenters. The molecule has 14 aromatic rings. The summed E-state index contributed by atoms with van der Waals surface area (Å²) < 4.78 is 7.02. The summed E-state index contributed by atoms with van der Waals surface area (Å²) in [5, 5.41) is 22.6. The molecule has 59 heavy (non-hydrogen) atoms. The van der Waals surface area contributed by atoms with Gasteiger partial charge in [-0.05, 0) is 132 Å². The lowest BCUT2D eigenvalue weighted by Crippen LogP contribution is -1.91. The lowest BCUT2D eigenvalue weighted by molar-refractivity contribution is 0.673. The van der Waals surface area contributed by atoms with E-state index >= 15 is 0 Å². The zero-order valence-electron chi connectivity index (χ0n) is 31.9. The van der Waals surface area contributed by atoms with Gasteiger partial charge in [0.05, 0.1) is 0 Å². The van der Waals surface area contributed by atoms with Crippen molar-refractivity contribution in [1.82, 2.24) is 0 Å². The summed E-state index contributed by atoms with van der Waals surface area (Å²) in [6, 6.07) is 72.2. The first kappa shape index (κ1) is 31.4. The second-order valence-electron chi connectivity index (χ2n) is 16.3. The number of rotatable bonds is 3. The van der Waals surface area contributed by atoms with Gasteiger partial charge in [0, 0.05) is 16.2 Å². The number of fused-ring (bicyclic) bond motifs is 6. The number of benzene rings is 13. The van der Waals surface area contributed by atoms with Gasteiger partial charge in [-0.15, -0.1) is 0 Å². The van der Waals surface area contributed by atoms with Crippen LogP contribution in [0.25, 0.3) is 141 Å². The van der Waals surface area contributed by atoms with E-state index in [0.29, 0.717) is 0 Å². The molecule has 0 saturated carbocycles. The molecule has 0 aliphatic carbocycles. The van der Waals surface area contributed by atoms with Crippen molar-refractivity contribution < 1.29 is 4.42 Å². The molecule has 0 amide bonds. The maximum absolute atomic E-state index is 7.02. The van der Waals surface area contributed by atoms with Gasteiger partial charge in [0.15, 0.2) is 0 Å². The largest absolute Gasteiger partial charge is 0.455 e. The maximum Gasteiger partial charge on any atom is 0.143 e. The molecule has 0 bridgehead atoms. The first-order valence-corrected chi connectivity index (χ1v) is 20.5. The van der Waals surface area contributed by atoms with Gasteiger partial charge in [-0.3, -0.25) is 0 Å². The van der Waals surface area contributed by atoms with Crippen molar-refractivity contribution in [2.24, 2.45) is 0 Å². The van der Waals surface area contributed by atoms with E-state index in [4.69, 9.17) is 4.42 Å². The highest BCUT2D eigenvalue weighted by Crippen LogP contribution is 2.48. The molecule has 1 heterocycles. The summed E-state index contributed by atoms with van der Waals surface area (Å²) in [6.07, 6.45) is 0. The standard InChI is InChI=1S/C58H32O/c1-2-12-42-33(7-1)19-28-50-57-51(47-25-21-39-18-16-35-9-6-11-37-23-27-49(47)56(39)54(35)37)31-40(32-52(57)59-58(42)50)41-29-30-45(44-14-4-3-13-43(41)44)46-24-20-38-17-15-34-8-5-10-36-22-26-48(46)55(38)53(34)36/h1-32H. The molecule has 13 aromatic carbocycles. The summed E-state index contributed by atoms with van der Waals surface area (Å²) in [5.74, 6) is 0. The van der Waals surface area contributed by atoms with E-state index in [0.717, 1.165) is 32.9 Å². The molecule has 0 fully saturated rings. The van der Waals surface area contributed by atoms with E-state index in [1.165, 1.54) is 109 Å². The quantitative estimate of drug-likeness (QED) is 0.164. The molecular formula is C58H32O. The molecule has 0 N–H and O–H groups in total. The van der Waals surface area contributed by atoms with E-state index in [1.54, 1.807) is 0 Å². The van der Waals surface area contributed by atoms with Crippen molar-refractivity contribution in [1.29, 1.82) is 0 Å². The lowest BCUT2D eigenvalue weighted by Gasteiger charge is -2.18. The van der Waals surface area contributed by atoms with Crippen molar-refractivity contribution in [2.45, 2.75) is 0 Å². The van der Waals surface area contributed by atoms with Crippen LogP contribution in [-0.2, 0) is 0 Å². The molecule has 270 valence electrons.